The summed E-state index contributed by atoms with van der Waals surface area (Å²) in [5.41, 5.74) is 6.24. The monoisotopic (exact) mass is 946 g/mol. The second kappa shape index (κ2) is 20.0. The van der Waals surface area contributed by atoms with Crippen molar-refractivity contribution in [1.82, 2.24) is 25.6 Å². The molecule has 0 saturated heterocycles. The third-order valence-electron chi connectivity index (χ3n) is 11.4. The van der Waals surface area contributed by atoms with E-state index in [1.165, 1.54) is 9.80 Å². The third kappa shape index (κ3) is 10.8. The maximum atomic E-state index is 13.9. The van der Waals surface area contributed by atoms with E-state index in [0.717, 1.165) is 21.3 Å². The first-order valence-corrected chi connectivity index (χ1v) is 22.2. The molecule has 1 aliphatic heterocycles. The van der Waals surface area contributed by atoms with E-state index in [4.69, 9.17) is 4.74 Å². The second-order valence-electron chi connectivity index (χ2n) is 16.2. The Kier molecular flexibility index (Phi) is 13.6. The van der Waals surface area contributed by atoms with Gasteiger partial charge in [-0.25, -0.2) is 4.98 Å². The van der Waals surface area contributed by atoms with Crippen molar-refractivity contribution >= 4 is 73.6 Å². The highest BCUT2D eigenvalue weighted by atomic mass is 79.9. The molecule has 0 bridgehead atoms. The van der Waals surface area contributed by atoms with Crippen molar-refractivity contribution < 1.29 is 28.7 Å². The SMILES string of the molecule is Cc1ccc(N(C)C(=O)C(Cc2ccccc2)NC(=O)CC2C(=O)Nc3ccc(Oc4ccc5nc(CC(=O)NC(Cc6ccccc6)C(=O)N(C)c6ccc(Br)cc6)[nH]c5c4)cc32)cn1. The Bertz CT molecular complexity index is 2890. The van der Waals surface area contributed by atoms with Crippen LogP contribution in [0.25, 0.3) is 11.0 Å². The van der Waals surface area contributed by atoms with Gasteiger partial charge >= 0.3 is 0 Å². The van der Waals surface area contributed by atoms with Crippen LogP contribution < -0.4 is 30.5 Å². The van der Waals surface area contributed by atoms with Crippen LogP contribution in [-0.2, 0) is 43.2 Å². The van der Waals surface area contributed by atoms with E-state index in [0.29, 0.717) is 57.4 Å². The van der Waals surface area contributed by atoms with Crippen molar-refractivity contribution in [3.8, 4) is 11.5 Å². The zero-order chi connectivity index (χ0) is 46.3. The maximum Gasteiger partial charge on any atom is 0.249 e. The van der Waals surface area contributed by atoms with Crippen molar-refractivity contribution in [3.05, 3.63) is 172 Å². The van der Waals surface area contributed by atoms with Gasteiger partial charge in [0.15, 0.2) is 0 Å². The number of fused-ring (bicyclic) bond motifs is 2. The summed E-state index contributed by atoms with van der Waals surface area (Å²) < 4.78 is 7.15. The highest BCUT2D eigenvalue weighted by Crippen LogP contribution is 2.38. The zero-order valence-corrected chi connectivity index (χ0v) is 38.0. The molecule has 3 heterocycles. The molecule has 2 aromatic heterocycles. The van der Waals surface area contributed by atoms with Crippen LogP contribution in [0.15, 0.2) is 144 Å². The number of nitrogens with zero attached hydrogens (tertiary/aromatic N) is 4. The van der Waals surface area contributed by atoms with Crippen LogP contribution in [0.4, 0.5) is 17.1 Å². The third-order valence-corrected chi connectivity index (χ3v) is 11.9. The van der Waals surface area contributed by atoms with E-state index in [1.807, 2.05) is 97.9 Å². The lowest BCUT2D eigenvalue weighted by atomic mass is 9.96. The number of benzene rings is 5. The summed E-state index contributed by atoms with van der Waals surface area (Å²) in [6, 6.07) is 38.6. The number of aromatic nitrogens is 3. The van der Waals surface area contributed by atoms with Gasteiger partial charge in [0.05, 0.1) is 35.3 Å². The molecule has 0 saturated carbocycles. The number of nitrogens with one attached hydrogen (secondary N) is 4. The molecule has 14 nitrogen and oxygen atoms in total. The van der Waals surface area contributed by atoms with Gasteiger partial charge in [0.1, 0.15) is 29.4 Å². The number of anilines is 3. The number of aryl methyl sites for hydroxylation is 1. The molecule has 4 N–H and O–H groups in total. The fourth-order valence-electron chi connectivity index (χ4n) is 7.88. The predicted octanol–water partition coefficient (Wildman–Crippen LogP) is 7.57. The molecule has 0 fully saturated rings. The number of ether oxygens (including phenoxy) is 1. The number of H-pyrrole nitrogens is 1. The molecule has 0 radical (unpaired) electrons. The summed E-state index contributed by atoms with van der Waals surface area (Å²) in [5.74, 6) is -1.29. The average molecular weight is 948 g/mol. The number of likely N-dealkylation sites (N-methyl/N-ethyl adjacent to an activating group) is 2. The van der Waals surface area contributed by atoms with Crippen LogP contribution >= 0.6 is 15.9 Å². The lowest BCUT2D eigenvalue weighted by Gasteiger charge is -2.25. The minimum absolute atomic E-state index is 0.103. The van der Waals surface area contributed by atoms with Gasteiger partial charge in [-0.15, -0.1) is 0 Å². The number of pyridine rings is 1. The van der Waals surface area contributed by atoms with Crippen LogP contribution in [0.2, 0.25) is 0 Å². The number of aromatic amines is 1. The minimum Gasteiger partial charge on any atom is -0.457 e. The summed E-state index contributed by atoms with van der Waals surface area (Å²) in [4.78, 5) is 83.3. The number of hydrogen-bond donors (Lipinski definition) is 4. The van der Waals surface area contributed by atoms with E-state index in [2.05, 4.69) is 46.8 Å². The molecule has 334 valence electrons. The first-order chi connectivity index (χ1) is 31.9. The fraction of sp³-hybridized carbons (Fsp3) is 0.196. The molecule has 66 heavy (non-hydrogen) atoms. The molecular weight excluding hydrogens is 901 g/mol. The first-order valence-electron chi connectivity index (χ1n) is 21.4. The van der Waals surface area contributed by atoms with Gasteiger partial charge in [-0.2, -0.15) is 0 Å². The smallest absolute Gasteiger partial charge is 0.249 e. The molecular formula is C51H47BrN8O6. The van der Waals surface area contributed by atoms with Gasteiger partial charge in [-0.3, -0.25) is 29.0 Å². The molecule has 7 aromatic rings. The number of carbonyl (C=O) groups is 5. The Morgan fingerprint density at radius 3 is 1.95 bits per heavy atom. The van der Waals surface area contributed by atoms with E-state index < -0.39 is 23.9 Å². The quantitative estimate of drug-likeness (QED) is 0.0767. The van der Waals surface area contributed by atoms with E-state index >= 15 is 0 Å². The number of carbonyl (C=O) groups excluding carboxylic acids is 5. The van der Waals surface area contributed by atoms with Gasteiger partial charge in [-0.1, -0.05) is 76.6 Å². The van der Waals surface area contributed by atoms with Gasteiger partial charge in [0.25, 0.3) is 0 Å². The average Bonchev–Trinajstić information content (AvgIpc) is 3.86. The number of halogens is 1. The van der Waals surface area contributed by atoms with E-state index in [-0.39, 0.29) is 42.9 Å². The number of hydrogen-bond acceptors (Lipinski definition) is 8. The summed E-state index contributed by atoms with van der Waals surface area (Å²) in [6.45, 7) is 1.86. The van der Waals surface area contributed by atoms with Gasteiger partial charge in [0.2, 0.25) is 29.5 Å². The molecule has 1 aliphatic rings. The summed E-state index contributed by atoms with van der Waals surface area (Å²) in [5, 5.41) is 8.72. The number of imidazole rings is 1. The molecule has 0 aliphatic carbocycles. The van der Waals surface area contributed by atoms with E-state index in [9.17, 15) is 24.0 Å². The van der Waals surface area contributed by atoms with E-state index in [1.54, 1.807) is 62.8 Å². The highest BCUT2D eigenvalue weighted by Gasteiger charge is 2.35. The van der Waals surface area contributed by atoms with Crippen molar-refractivity contribution in [2.75, 3.05) is 29.2 Å². The Morgan fingerprint density at radius 1 is 0.727 bits per heavy atom. The highest BCUT2D eigenvalue weighted by molar-refractivity contribution is 9.10. The standard InChI is InChI=1S/C51H47BrN8O6/c1-31-14-17-36(30-53-31)60(3)51(65)45(25-33-12-8-5-9-13-33)56-47(61)28-40-39-26-37(20-22-41(39)58-49(40)63)66-38-21-23-42-43(27-38)55-46(54-42)29-48(62)57-44(24-32-10-6-4-7-11-32)50(64)59(2)35-18-15-34(52)16-19-35/h4-23,26-27,30,40,44-45H,24-25,28-29H2,1-3H3,(H,54,55)(H,56,61)(H,57,62)(H,58,63). The summed E-state index contributed by atoms with van der Waals surface area (Å²) in [6.07, 6.45) is 1.86. The molecule has 5 amide bonds. The first kappa shape index (κ1) is 44.9. The number of rotatable bonds is 16. The van der Waals surface area contributed by atoms with Crippen LogP contribution in [0.1, 0.15) is 40.5 Å². The summed E-state index contributed by atoms with van der Waals surface area (Å²) >= 11 is 3.43. The lowest BCUT2D eigenvalue weighted by molar-refractivity contribution is -0.128. The van der Waals surface area contributed by atoms with Gasteiger partial charge in [0, 0.05) is 61.0 Å². The Balaban J connectivity index is 0.928. The van der Waals surface area contributed by atoms with Crippen LogP contribution in [0.3, 0.4) is 0 Å². The Hall–Kier alpha value is -7.65. The topological polar surface area (TPSA) is 179 Å². The van der Waals surface area contributed by atoms with Crippen molar-refractivity contribution in [3.63, 3.8) is 0 Å². The molecule has 8 rings (SSSR count). The van der Waals surface area contributed by atoms with Crippen molar-refractivity contribution in [2.45, 2.75) is 50.6 Å². The van der Waals surface area contributed by atoms with Crippen LogP contribution in [0.5, 0.6) is 11.5 Å². The van der Waals surface area contributed by atoms with Crippen molar-refractivity contribution in [2.24, 2.45) is 0 Å². The molecule has 3 atom stereocenters. The molecule has 5 aromatic carbocycles. The molecule has 15 heteroatoms. The largest absolute Gasteiger partial charge is 0.457 e. The van der Waals surface area contributed by atoms with Crippen LogP contribution in [0, 0.1) is 6.92 Å². The maximum absolute atomic E-state index is 13.9. The fourth-order valence-corrected chi connectivity index (χ4v) is 8.14. The van der Waals surface area contributed by atoms with Gasteiger partial charge < -0.3 is 35.5 Å². The summed E-state index contributed by atoms with van der Waals surface area (Å²) in [7, 11) is 3.33. The molecule has 3 unspecified atom stereocenters. The van der Waals surface area contributed by atoms with Crippen molar-refractivity contribution in [1.29, 1.82) is 0 Å². The normalized spacial score (nSPS) is 13.8. The lowest BCUT2D eigenvalue weighted by Crippen LogP contribution is -2.49. The van der Waals surface area contributed by atoms with Gasteiger partial charge in [-0.05, 0) is 90.3 Å². The molecule has 0 spiro atoms. The Morgan fingerprint density at radius 2 is 1.32 bits per heavy atom. The zero-order valence-electron chi connectivity index (χ0n) is 36.5. The number of amides is 5. The predicted molar refractivity (Wildman–Crippen MR) is 256 cm³/mol. The minimum atomic E-state index is -0.909. The second-order valence-corrected chi connectivity index (χ2v) is 17.1. The Labute approximate surface area is 389 Å². The van der Waals surface area contributed by atoms with Crippen LogP contribution in [-0.4, -0.2) is 70.7 Å².